The molecule has 3 rings (SSSR count). The minimum Gasteiger partial charge on any atom is -0.469 e. The molecule has 0 atom stereocenters. The summed E-state index contributed by atoms with van der Waals surface area (Å²) < 4.78 is 4.44. The summed E-state index contributed by atoms with van der Waals surface area (Å²) in [5.41, 5.74) is -4.74. The first kappa shape index (κ1) is 22.7. The molecular formula is C17H11N5O11. The lowest BCUT2D eigenvalue weighted by Crippen LogP contribution is -2.06. The lowest BCUT2D eigenvalue weighted by Gasteiger charge is -2.03. The molecular weight excluding hydrogens is 450 g/mol. The molecule has 33 heavy (non-hydrogen) atoms. The van der Waals surface area contributed by atoms with Crippen LogP contribution in [-0.4, -0.2) is 45.1 Å². The third-order valence-electron chi connectivity index (χ3n) is 4.56. The predicted molar refractivity (Wildman–Crippen MR) is 107 cm³/mol. The molecule has 1 aliphatic rings. The van der Waals surface area contributed by atoms with Crippen molar-refractivity contribution in [2.75, 3.05) is 13.7 Å². The smallest absolute Gasteiger partial charge is 0.309 e. The van der Waals surface area contributed by atoms with E-state index in [9.17, 15) is 45.3 Å². The van der Waals surface area contributed by atoms with Crippen LogP contribution in [0.4, 0.5) is 22.7 Å². The van der Waals surface area contributed by atoms with Crippen LogP contribution in [0.1, 0.15) is 17.5 Å². The molecule has 16 nitrogen and oxygen atoms in total. The van der Waals surface area contributed by atoms with Crippen molar-refractivity contribution in [2.45, 2.75) is 6.42 Å². The lowest BCUT2D eigenvalue weighted by molar-refractivity contribution is -0.395. The largest absolute Gasteiger partial charge is 0.469 e. The number of nitro groups is 4. The summed E-state index contributed by atoms with van der Waals surface area (Å²) in [6.07, 6.45) is -0.253. The van der Waals surface area contributed by atoms with Gasteiger partial charge in [0.05, 0.1) is 56.5 Å². The van der Waals surface area contributed by atoms with E-state index in [0.29, 0.717) is 12.1 Å². The number of nitro benzene ring substituents is 4. The molecule has 0 amide bonds. The van der Waals surface area contributed by atoms with Crippen LogP contribution in [0.2, 0.25) is 0 Å². The lowest BCUT2D eigenvalue weighted by atomic mass is 10.0. The molecule has 16 heteroatoms. The average Bonchev–Trinajstić information content (AvgIpc) is 3.08. The molecule has 0 heterocycles. The highest BCUT2D eigenvalue weighted by atomic mass is 16.6. The Kier molecular flexibility index (Phi) is 5.91. The van der Waals surface area contributed by atoms with Gasteiger partial charge < -0.3 is 9.57 Å². The van der Waals surface area contributed by atoms with Gasteiger partial charge in [0.2, 0.25) is 0 Å². The molecule has 2 aromatic carbocycles. The molecule has 1 aliphatic carbocycles. The van der Waals surface area contributed by atoms with Crippen molar-refractivity contribution in [3.05, 3.63) is 75.8 Å². The van der Waals surface area contributed by atoms with Crippen molar-refractivity contribution >= 4 is 34.4 Å². The van der Waals surface area contributed by atoms with Gasteiger partial charge in [-0.2, -0.15) is 0 Å². The van der Waals surface area contributed by atoms with E-state index >= 15 is 0 Å². The van der Waals surface area contributed by atoms with E-state index in [1.807, 2.05) is 0 Å². The number of oxime groups is 1. The maximum atomic E-state index is 11.7. The van der Waals surface area contributed by atoms with Crippen LogP contribution in [0.25, 0.3) is 11.1 Å². The van der Waals surface area contributed by atoms with E-state index in [0.717, 1.165) is 19.2 Å². The third kappa shape index (κ3) is 4.11. The van der Waals surface area contributed by atoms with Gasteiger partial charge in [0.1, 0.15) is 12.3 Å². The Morgan fingerprint density at radius 3 is 1.64 bits per heavy atom. The number of carbonyl (C=O) groups is 1. The van der Waals surface area contributed by atoms with Crippen molar-refractivity contribution in [1.29, 1.82) is 0 Å². The van der Waals surface area contributed by atoms with E-state index < -0.39 is 48.4 Å². The van der Waals surface area contributed by atoms with Gasteiger partial charge in [-0.05, 0) is 0 Å². The van der Waals surface area contributed by atoms with E-state index in [1.165, 1.54) is 0 Å². The zero-order chi connectivity index (χ0) is 24.4. The van der Waals surface area contributed by atoms with E-state index in [4.69, 9.17) is 4.84 Å². The van der Waals surface area contributed by atoms with Crippen molar-refractivity contribution < 1.29 is 34.1 Å². The second-order valence-corrected chi connectivity index (χ2v) is 6.40. The molecule has 0 radical (unpaired) electrons. The summed E-state index contributed by atoms with van der Waals surface area (Å²) in [4.78, 5) is 58.4. The first-order valence-electron chi connectivity index (χ1n) is 8.78. The summed E-state index contributed by atoms with van der Waals surface area (Å²) in [5, 5.41) is 49.7. The highest BCUT2D eigenvalue weighted by Crippen LogP contribution is 2.50. The number of nitrogens with zero attached hydrogens (tertiary/aromatic N) is 5. The zero-order valence-corrected chi connectivity index (χ0v) is 16.5. The first-order valence-corrected chi connectivity index (χ1v) is 8.78. The molecule has 2 aromatic rings. The highest BCUT2D eigenvalue weighted by Gasteiger charge is 2.41. The second kappa shape index (κ2) is 8.61. The van der Waals surface area contributed by atoms with Gasteiger partial charge >= 0.3 is 5.97 Å². The third-order valence-corrected chi connectivity index (χ3v) is 4.56. The molecule has 0 bridgehead atoms. The number of hydrogen-bond donors (Lipinski definition) is 0. The van der Waals surface area contributed by atoms with Gasteiger partial charge in [0, 0.05) is 23.3 Å². The minimum absolute atomic E-state index is 0.253. The highest BCUT2D eigenvalue weighted by molar-refractivity contribution is 6.27. The maximum absolute atomic E-state index is 11.7. The second-order valence-electron chi connectivity index (χ2n) is 6.40. The van der Waals surface area contributed by atoms with E-state index in [1.54, 1.807) is 0 Å². The molecule has 0 fully saturated rings. The molecule has 0 saturated heterocycles. The number of carbonyl (C=O) groups excluding carboxylic acids is 1. The zero-order valence-electron chi connectivity index (χ0n) is 16.5. The molecule has 0 unspecified atom stereocenters. The Bertz CT molecular complexity index is 1190. The number of benzene rings is 2. The summed E-state index contributed by atoms with van der Waals surface area (Å²) in [7, 11) is 1.13. The van der Waals surface area contributed by atoms with Crippen LogP contribution < -0.4 is 0 Å². The monoisotopic (exact) mass is 461 g/mol. The first-order chi connectivity index (χ1) is 15.6. The molecule has 0 aliphatic heterocycles. The minimum atomic E-state index is -0.970. The normalized spacial score (nSPS) is 11.2. The Labute approximate surface area is 181 Å². The number of fused-ring (bicyclic) bond motifs is 3. The predicted octanol–water partition coefficient (Wildman–Crippen LogP) is 2.63. The molecule has 0 saturated carbocycles. The maximum Gasteiger partial charge on any atom is 0.309 e. The fraction of sp³-hybridized carbons (Fsp3) is 0.176. The van der Waals surface area contributed by atoms with Crippen molar-refractivity contribution in [2.24, 2.45) is 5.16 Å². The fourth-order valence-corrected chi connectivity index (χ4v) is 3.21. The van der Waals surface area contributed by atoms with Crippen LogP contribution in [0.3, 0.4) is 0 Å². The summed E-state index contributed by atoms with van der Waals surface area (Å²) >= 11 is 0. The van der Waals surface area contributed by atoms with Crippen LogP contribution >= 0.6 is 0 Å². The Morgan fingerprint density at radius 2 is 1.27 bits per heavy atom. The van der Waals surface area contributed by atoms with E-state index in [-0.39, 0.29) is 41.0 Å². The van der Waals surface area contributed by atoms with Crippen LogP contribution in [0.15, 0.2) is 29.4 Å². The van der Waals surface area contributed by atoms with Crippen molar-refractivity contribution in [3.63, 3.8) is 0 Å². The summed E-state index contributed by atoms with van der Waals surface area (Å²) in [5.74, 6) is -0.653. The molecule has 170 valence electrons. The summed E-state index contributed by atoms with van der Waals surface area (Å²) in [6, 6.07) is 3.02. The van der Waals surface area contributed by atoms with Gasteiger partial charge in [-0.1, -0.05) is 5.16 Å². The van der Waals surface area contributed by atoms with E-state index in [2.05, 4.69) is 9.89 Å². The molecule has 0 N–H and O–H groups in total. The van der Waals surface area contributed by atoms with Gasteiger partial charge in [0.25, 0.3) is 22.7 Å². The van der Waals surface area contributed by atoms with Crippen molar-refractivity contribution in [3.8, 4) is 11.1 Å². The van der Waals surface area contributed by atoms with Gasteiger partial charge in [-0.3, -0.25) is 45.3 Å². The topological polar surface area (TPSA) is 220 Å². The Hall–Kier alpha value is -5.02. The SMILES string of the molecule is COC(=O)CCON=C1c2cc([N+](=O)[O-])cc([N+](=O)[O-])c2-c2c1cc([N+](=O)[O-])cc2[N+](=O)[O-]. The van der Waals surface area contributed by atoms with Gasteiger partial charge in [-0.15, -0.1) is 0 Å². The van der Waals surface area contributed by atoms with Crippen molar-refractivity contribution in [1.82, 2.24) is 0 Å². The van der Waals surface area contributed by atoms with Crippen LogP contribution in [-0.2, 0) is 14.4 Å². The number of rotatable bonds is 8. The standard InChI is InChI=1S/C17H11N5O11/c1-32-14(23)2-3-33-18-17-10-4-8(19(24)25)6-12(21(28)29)15(10)16-11(17)5-9(20(26)27)7-13(16)22(30)31/h4-7H,2-3H2,1H3. The average molecular weight is 461 g/mol. The van der Waals surface area contributed by atoms with Gasteiger partial charge in [-0.25, -0.2) is 0 Å². The quantitative estimate of drug-likeness (QED) is 0.205. The Morgan fingerprint density at radius 1 is 0.818 bits per heavy atom. The number of methoxy groups -OCH3 is 1. The number of esters is 1. The van der Waals surface area contributed by atoms with Crippen LogP contribution in [0, 0.1) is 40.5 Å². The van der Waals surface area contributed by atoms with Crippen LogP contribution in [0.5, 0.6) is 0 Å². The number of hydrogen-bond acceptors (Lipinski definition) is 12. The number of non-ortho nitro benzene ring substituents is 2. The summed E-state index contributed by atoms with van der Waals surface area (Å²) in [6.45, 7) is -0.338. The fourth-order valence-electron chi connectivity index (χ4n) is 3.21. The molecule has 0 aromatic heterocycles. The Balaban J connectivity index is 2.34. The number of ether oxygens (including phenoxy) is 1. The van der Waals surface area contributed by atoms with Gasteiger partial charge in [0.15, 0.2) is 0 Å². The molecule has 0 spiro atoms.